The number of anilines is 2. The molecule has 0 aromatic heterocycles. The number of para-hydroxylation sites is 1. The second-order valence-electron chi connectivity index (χ2n) is 4.71. The van der Waals surface area contributed by atoms with Crippen LogP contribution < -0.4 is 10.3 Å². The standard InChI is InChI=1S/C15H14ClN3S/c1-18-10-19(17-12-5-3-2-4-6-12)15(20)13-8-7-11(16)9-14(13)18/h2-9,17H,10H2,1H3. The van der Waals surface area contributed by atoms with Gasteiger partial charge in [0.15, 0.2) is 0 Å². The lowest BCUT2D eigenvalue weighted by Crippen LogP contribution is -2.47. The average Bonchev–Trinajstić information content (AvgIpc) is 2.45. The summed E-state index contributed by atoms with van der Waals surface area (Å²) in [6.07, 6.45) is 0. The number of hydrogen-bond donors (Lipinski definition) is 1. The molecule has 2 aromatic rings. The topological polar surface area (TPSA) is 18.5 Å². The van der Waals surface area contributed by atoms with Gasteiger partial charge in [-0.05, 0) is 30.3 Å². The molecule has 3 nitrogen and oxygen atoms in total. The third kappa shape index (κ3) is 2.44. The zero-order valence-corrected chi connectivity index (χ0v) is 12.6. The lowest BCUT2D eigenvalue weighted by atomic mass is 10.1. The maximum absolute atomic E-state index is 6.06. The van der Waals surface area contributed by atoms with Gasteiger partial charge < -0.3 is 4.90 Å². The molecule has 1 N–H and O–H groups in total. The Bertz CT molecular complexity index is 645. The molecule has 0 amide bonds. The molecule has 0 unspecified atom stereocenters. The van der Waals surface area contributed by atoms with Crippen molar-refractivity contribution in [2.24, 2.45) is 0 Å². The summed E-state index contributed by atoms with van der Waals surface area (Å²) in [4.78, 5) is 2.89. The fourth-order valence-corrected chi connectivity index (χ4v) is 2.70. The van der Waals surface area contributed by atoms with E-state index in [4.69, 9.17) is 23.8 Å². The van der Waals surface area contributed by atoms with Gasteiger partial charge in [-0.25, -0.2) is 0 Å². The van der Waals surface area contributed by atoms with Crippen molar-refractivity contribution in [3.8, 4) is 0 Å². The first-order valence-electron chi connectivity index (χ1n) is 6.29. The molecule has 0 saturated carbocycles. The number of fused-ring (bicyclic) bond motifs is 1. The predicted octanol–water partition coefficient (Wildman–Crippen LogP) is 3.75. The maximum atomic E-state index is 6.06. The van der Waals surface area contributed by atoms with E-state index in [0.29, 0.717) is 6.67 Å². The van der Waals surface area contributed by atoms with Gasteiger partial charge in [0.05, 0.1) is 5.69 Å². The van der Waals surface area contributed by atoms with Crippen LogP contribution >= 0.6 is 23.8 Å². The van der Waals surface area contributed by atoms with E-state index in [-0.39, 0.29) is 0 Å². The van der Waals surface area contributed by atoms with Gasteiger partial charge in [-0.3, -0.25) is 10.4 Å². The van der Waals surface area contributed by atoms with Crippen LogP contribution in [0.3, 0.4) is 0 Å². The Morgan fingerprint density at radius 1 is 1.15 bits per heavy atom. The van der Waals surface area contributed by atoms with Gasteiger partial charge in [0, 0.05) is 23.3 Å². The van der Waals surface area contributed by atoms with E-state index in [1.807, 2.05) is 60.6 Å². The van der Waals surface area contributed by atoms with Gasteiger partial charge in [0.1, 0.15) is 11.7 Å². The van der Waals surface area contributed by atoms with E-state index in [1.54, 1.807) is 0 Å². The Kier molecular flexibility index (Phi) is 3.51. The summed E-state index contributed by atoms with van der Waals surface area (Å²) in [5.74, 6) is 0. The SMILES string of the molecule is CN1CN(Nc2ccccc2)C(=S)c2ccc(Cl)cc21. The molecule has 0 aliphatic carbocycles. The van der Waals surface area contributed by atoms with E-state index in [9.17, 15) is 0 Å². The molecular formula is C15H14ClN3S. The van der Waals surface area contributed by atoms with Gasteiger partial charge in [-0.1, -0.05) is 42.0 Å². The van der Waals surface area contributed by atoms with Gasteiger partial charge in [0.2, 0.25) is 0 Å². The molecule has 102 valence electrons. The minimum atomic E-state index is 0.668. The number of rotatable bonds is 2. The maximum Gasteiger partial charge on any atom is 0.131 e. The summed E-state index contributed by atoms with van der Waals surface area (Å²) in [6.45, 7) is 0.668. The lowest BCUT2D eigenvalue weighted by molar-refractivity contribution is 0.495. The van der Waals surface area contributed by atoms with Crippen LogP contribution in [0.4, 0.5) is 11.4 Å². The fraction of sp³-hybridized carbons (Fsp3) is 0.133. The van der Waals surface area contributed by atoms with Crippen LogP contribution in [0.25, 0.3) is 0 Å². The number of halogens is 1. The Labute approximate surface area is 128 Å². The largest absolute Gasteiger partial charge is 0.355 e. The van der Waals surface area contributed by atoms with Crippen LogP contribution in [0.5, 0.6) is 0 Å². The normalized spacial score (nSPS) is 14.2. The molecule has 2 aromatic carbocycles. The van der Waals surface area contributed by atoms with Crippen molar-refractivity contribution in [3.63, 3.8) is 0 Å². The third-order valence-corrected chi connectivity index (χ3v) is 3.91. The van der Waals surface area contributed by atoms with Crippen LogP contribution in [0.2, 0.25) is 5.02 Å². The number of thiocarbonyl (C=S) groups is 1. The first-order chi connectivity index (χ1) is 9.65. The van der Waals surface area contributed by atoms with Crippen molar-refractivity contribution in [3.05, 3.63) is 59.1 Å². The van der Waals surface area contributed by atoms with Crippen LogP contribution in [0.1, 0.15) is 5.56 Å². The molecule has 0 atom stereocenters. The van der Waals surface area contributed by atoms with Crippen LogP contribution in [0, 0.1) is 0 Å². The molecule has 0 fully saturated rings. The van der Waals surface area contributed by atoms with Gasteiger partial charge >= 0.3 is 0 Å². The van der Waals surface area contributed by atoms with Gasteiger partial charge in [0.25, 0.3) is 0 Å². The molecule has 0 radical (unpaired) electrons. The molecule has 0 spiro atoms. The summed E-state index contributed by atoms with van der Waals surface area (Å²) in [5.41, 5.74) is 6.43. The molecule has 5 heteroatoms. The number of nitrogens with zero attached hydrogens (tertiary/aromatic N) is 2. The van der Waals surface area contributed by atoms with Crippen LogP contribution in [-0.2, 0) is 0 Å². The molecule has 20 heavy (non-hydrogen) atoms. The molecule has 0 bridgehead atoms. The lowest BCUT2D eigenvalue weighted by Gasteiger charge is -2.38. The Balaban J connectivity index is 1.90. The van der Waals surface area contributed by atoms with E-state index in [0.717, 1.165) is 26.9 Å². The Hall–Kier alpha value is -1.78. The highest BCUT2D eigenvalue weighted by Crippen LogP contribution is 2.29. The number of benzene rings is 2. The smallest absolute Gasteiger partial charge is 0.131 e. The molecule has 1 aliphatic heterocycles. The molecule has 1 aliphatic rings. The number of nitrogens with one attached hydrogen (secondary N) is 1. The summed E-state index contributed by atoms with van der Waals surface area (Å²) >= 11 is 11.6. The van der Waals surface area contributed by atoms with Crippen molar-refractivity contribution in [2.75, 3.05) is 24.0 Å². The molecule has 0 saturated heterocycles. The zero-order valence-electron chi connectivity index (χ0n) is 11.0. The van der Waals surface area contributed by atoms with Crippen molar-refractivity contribution >= 4 is 40.2 Å². The van der Waals surface area contributed by atoms with E-state index in [1.165, 1.54) is 0 Å². The summed E-state index contributed by atoms with van der Waals surface area (Å²) < 4.78 is 0. The number of hydrazine groups is 1. The summed E-state index contributed by atoms with van der Waals surface area (Å²) in [6, 6.07) is 15.8. The van der Waals surface area contributed by atoms with Crippen molar-refractivity contribution in [2.45, 2.75) is 0 Å². The second-order valence-corrected chi connectivity index (χ2v) is 5.53. The van der Waals surface area contributed by atoms with E-state index >= 15 is 0 Å². The van der Waals surface area contributed by atoms with Crippen molar-refractivity contribution < 1.29 is 0 Å². The number of hydrogen-bond acceptors (Lipinski definition) is 3. The second kappa shape index (κ2) is 5.31. The van der Waals surface area contributed by atoms with Crippen LogP contribution in [-0.4, -0.2) is 23.7 Å². The van der Waals surface area contributed by atoms with E-state index < -0.39 is 0 Å². The quantitative estimate of drug-likeness (QED) is 0.851. The van der Waals surface area contributed by atoms with Crippen LogP contribution in [0.15, 0.2) is 48.5 Å². The first kappa shape index (κ1) is 13.2. The highest BCUT2D eigenvalue weighted by molar-refractivity contribution is 7.80. The van der Waals surface area contributed by atoms with Gasteiger partial charge in [-0.2, -0.15) is 0 Å². The van der Waals surface area contributed by atoms with Crippen molar-refractivity contribution in [1.82, 2.24) is 5.01 Å². The molecular weight excluding hydrogens is 290 g/mol. The highest BCUT2D eigenvalue weighted by atomic mass is 35.5. The molecule has 1 heterocycles. The minimum Gasteiger partial charge on any atom is -0.355 e. The highest BCUT2D eigenvalue weighted by Gasteiger charge is 2.24. The third-order valence-electron chi connectivity index (χ3n) is 3.24. The predicted molar refractivity (Wildman–Crippen MR) is 88.3 cm³/mol. The zero-order chi connectivity index (χ0) is 14.1. The summed E-state index contributed by atoms with van der Waals surface area (Å²) in [5, 5.41) is 2.68. The summed E-state index contributed by atoms with van der Waals surface area (Å²) in [7, 11) is 2.02. The van der Waals surface area contributed by atoms with Crippen molar-refractivity contribution in [1.29, 1.82) is 0 Å². The van der Waals surface area contributed by atoms with Gasteiger partial charge in [-0.15, -0.1) is 0 Å². The minimum absolute atomic E-state index is 0.668. The average molecular weight is 304 g/mol. The first-order valence-corrected chi connectivity index (χ1v) is 7.08. The molecule has 3 rings (SSSR count). The Morgan fingerprint density at radius 2 is 1.90 bits per heavy atom. The van der Waals surface area contributed by atoms with E-state index in [2.05, 4.69) is 10.3 Å². The monoisotopic (exact) mass is 303 g/mol. The Morgan fingerprint density at radius 3 is 2.65 bits per heavy atom. The fourth-order valence-electron chi connectivity index (χ4n) is 2.25.